The minimum Gasteiger partial charge on any atom is -0.466 e. The van der Waals surface area contributed by atoms with Gasteiger partial charge in [0.25, 0.3) is 0 Å². The summed E-state index contributed by atoms with van der Waals surface area (Å²) in [6.45, 7) is 6.71. The van der Waals surface area contributed by atoms with Gasteiger partial charge in [0, 0.05) is 6.08 Å². The molecule has 0 bridgehead atoms. The summed E-state index contributed by atoms with van der Waals surface area (Å²) in [5.74, 6) is 1.60. The van der Waals surface area contributed by atoms with Crippen molar-refractivity contribution in [1.29, 1.82) is 0 Å². The van der Waals surface area contributed by atoms with Crippen LogP contribution in [-0.4, -0.2) is 13.1 Å². The second kappa shape index (κ2) is 5.88. The summed E-state index contributed by atoms with van der Waals surface area (Å²) in [5, 5.41) is 0. The Labute approximate surface area is 98.4 Å². The monoisotopic (exact) mass is 222 g/mol. The molecule has 0 amide bonds. The SMILES string of the molecule is COC(=O)/C=C/C1=C[C@H](C(C)C)CC[C@@H]1C. The van der Waals surface area contributed by atoms with E-state index in [1.54, 1.807) is 0 Å². The predicted molar refractivity (Wildman–Crippen MR) is 66.0 cm³/mol. The van der Waals surface area contributed by atoms with Crippen LogP contribution in [0.1, 0.15) is 33.6 Å². The van der Waals surface area contributed by atoms with Gasteiger partial charge in [-0.15, -0.1) is 0 Å². The van der Waals surface area contributed by atoms with Gasteiger partial charge in [-0.25, -0.2) is 4.79 Å². The first-order chi connectivity index (χ1) is 7.54. The Morgan fingerprint density at radius 1 is 1.50 bits per heavy atom. The van der Waals surface area contributed by atoms with Crippen molar-refractivity contribution in [2.45, 2.75) is 33.6 Å². The number of allylic oxidation sites excluding steroid dienone is 3. The average molecular weight is 222 g/mol. The van der Waals surface area contributed by atoms with Crippen molar-refractivity contribution in [2.75, 3.05) is 7.11 Å². The summed E-state index contributed by atoms with van der Waals surface area (Å²) in [7, 11) is 1.41. The van der Waals surface area contributed by atoms with E-state index in [1.165, 1.54) is 31.6 Å². The third kappa shape index (κ3) is 3.51. The molecule has 0 aromatic carbocycles. The number of carbonyl (C=O) groups excluding carboxylic acids is 1. The second-order valence-corrected chi connectivity index (χ2v) is 4.91. The highest BCUT2D eigenvalue weighted by Crippen LogP contribution is 2.32. The second-order valence-electron chi connectivity index (χ2n) is 4.91. The lowest BCUT2D eigenvalue weighted by Gasteiger charge is -2.27. The molecule has 0 N–H and O–H groups in total. The van der Waals surface area contributed by atoms with Crippen molar-refractivity contribution < 1.29 is 9.53 Å². The van der Waals surface area contributed by atoms with E-state index in [0.717, 1.165) is 0 Å². The van der Waals surface area contributed by atoms with Crippen LogP contribution in [0.15, 0.2) is 23.8 Å². The molecule has 1 rings (SSSR count). The molecule has 0 fully saturated rings. The quantitative estimate of drug-likeness (QED) is 0.540. The van der Waals surface area contributed by atoms with Crippen LogP contribution in [0.3, 0.4) is 0 Å². The van der Waals surface area contributed by atoms with E-state index in [2.05, 4.69) is 31.6 Å². The van der Waals surface area contributed by atoms with Gasteiger partial charge in [0.15, 0.2) is 0 Å². The molecular formula is C14H22O2. The van der Waals surface area contributed by atoms with Crippen LogP contribution >= 0.6 is 0 Å². The Bertz CT molecular complexity index is 300. The van der Waals surface area contributed by atoms with Crippen molar-refractivity contribution in [2.24, 2.45) is 17.8 Å². The highest BCUT2D eigenvalue weighted by atomic mass is 16.5. The largest absolute Gasteiger partial charge is 0.466 e. The van der Waals surface area contributed by atoms with Gasteiger partial charge in [-0.05, 0) is 36.2 Å². The number of hydrogen-bond donors (Lipinski definition) is 0. The molecule has 90 valence electrons. The topological polar surface area (TPSA) is 26.3 Å². The summed E-state index contributed by atoms with van der Waals surface area (Å²) >= 11 is 0. The number of ether oxygens (including phenoxy) is 1. The Hall–Kier alpha value is -1.05. The maximum atomic E-state index is 11.0. The maximum absolute atomic E-state index is 11.0. The first kappa shape index (κ1) is 13.0. The molecule has 0 saturated carbocycles. The van der Waals surface area contributed by atoms with Crippen molar-refractivity contribution in [3.05, 3.63) is 23.8 Å². The highest BCUT2D eigenvalue weighted by molar-refractivity contribution is 5.82. The third-order valence-corrected chi connectivity index (χ3v) is 3.38. The van der Waals surface area contributed by atoms with E-state index in [9.17, 15) is 4.79 Å². The molecule has 16 heavy (non-hydrogen) atoms. The minimum absolute atomic E-state index is 0.278. The van der Waals surface area contributed by atoms with Gasteiger partial charge < -0.3 is 4.74 Å². The summed E-state index contributed by atoms with van der Waals surface area (Å²) in [6.07, 6.45) is 8.21. The zero-order chi connectivity index (χ0) is 12.1. The maximum Gasteiger partial charge on any atom is 0.330 e. The van der Waals surface area contributed by atoms with Crippen LogP contribution in [0.2, 0.25) is 0 Å². The van der Waals surface area contributed by atoms with Gasteiger partial charge in [0.05, 0.1) is 7.11 Å². The average Bonchev–Trinajstić information content (AvgIpc) is 2.27. The zero-order valence-corrected chi connectivity index (χ0v) is 10.7. The first-order valence-corrected chi connectivity index (χ1v) is 6.02. The van der Waals surface area contributed by atoms with Gasteiger partial charge in [-0.2, -0.15) is 0 Å². The normalized spacial score (nSPS) is 25.9. The number of esters is 1. The molecule has 1 aliphatic rings. The van der Waals surface area contributed by atoms with Gasteiger partial charge in [-0.3, -0.25) is 0 Å². The van der Waals surface area contributed by atoms with Crippen LogP contribution in [0.25, 0.3) is 0 Å². The van der Waals surface area contributed by atoms with Gasteiger partial charge in [0.2, 0.25) is 0 Å². The molecule has 0 aromatic heterocycles. The molecule has 0 unspecified atom stereocenters. The number of rotatable bonds is 3. The van der Waals surface area contributed by atoms with E-state index >= 15 is 0 Å². The first-order valence-electron chi connectivity index (χ1n) is 6.02. The van der Waals surface area contributed by atoms with Crippen molar-refractivity contribution in [3.8, 4) is 0 Å². The summed E-state index contributed by atoms with van der Waals surface area (Å²) < 4.78 is 4.60. The van der Waals surface area contributed by atoms with Gasteiger partial charge >= 0.3 is 5.97 Å². The fourth-order valence-electron chi connectivity index (χ4n) is 2.08. The number of hydrogen-bond acceptors (Lipinski definition) is 2. The van der Waals surface area contributed by atoms with Crippen molar-refractivity contribution >= 4 is 5.97 Å². The Balaban J connectivity index is 2.75. The van der Waals surface area contributed by atoms with E-state index in [-0.39, 0.29) is 5.97 Å². The molecule has 1 aliphatic carbocycles. The molecule has 0 radical (unpaired) electrons. The van der Waals surface area contributed by atoms with E-state index in [4.69, 9.17) is 0 Å². The van der Waals surface area contributed by atoms with E-state index < -0.39 is 0 Å². The van der Waals surface area contributed by atoms with Crippen LogP contribution in [0, 0.1) is 17.8 Å². The van der Waals surface area contributed by atoms with E-state index in [1.807, 2.05) is 6.08 Å². The summed E-state index contributed by atoms with van der Waals surface area (Å²) in [6, 6.07) is 0. The molecule has 0 aliphatic heterocycles. The van der Waals surface area contributed by atoms with E-state index in [0.29, 0.717) is 17.8 Å². The molecule has 2 atom stereocenters. The lowest BCUT2D eigenvalue weighted by molar-refractivity contribution is -0.134. The lowest BCUT2D eigenvalue weighted by atomic mass is 9.78. The van der Waals surface area contributed by atoms with Crippen LogP contribution in [0.5, 0.6) is 0 Å². The highest BCUT2D eigenvalue weighted by Gasteiger charge is 2.20. The minimum atomic E-state index is -0.278. The van der Waals surface area contributed by atoms with Gasteiger partial charge in [-0.1, -0.05) is 32.9 Å². The Morgan fingerprint density at radius 2 is 2.19 bits per heavy atom. The van der Waals surface area contributed by atoms with Crippen molar-refractivity contribution in [3.63, 3.8) is 0 Å². The third-order valence-electron chi connectivity index (χ3n) is 3.38. The van der Waals surface area contributed by atoms with Crippen molar-refractivity contribution in [1.82, 2.24) is 0 Å². The molecule has 0 saturated heterocycles. The Kier molecular flexibility index (Phi) is 4.78. The molecule has 2 nitrogen and oxygen atoms in total. The molecule has 2 heteroatoms. The molecule has 0 spiro atoms. The molecular weight excluding hydrogens is 200 g/mol. The summed E-state index contributed by atoms with van der Waals surface area (Å²) in [4.78, 5) is 11.0. The fraction of sp³-hybridized carbons (Fsp3) is 0.643. The predicted octanol–water partition coefficient (Wildman–Crippen LogP) is 3.34. The van der Waals surface area contributed by atoms with Crippen LogP contribution < -0.4 is 0 Å². The number of carbonyl (C=O) groups is 1. The standard InChI is InChI=1S/C14H22O2/c1-10(2)12-6-5-11(3)13(9-12)7-8-14(15)16-4/h7-12H,5-6H2,1-4H3/b8-7+/t11-,12+/m0/s1. The molecule has 0 heterocycles. The van der Waals surface area contributed by atoms with Gasteiger partial charge in [0.1, 0.15) is 0 Å². The zero-order valence-electron chi connectivity index (χ0n) is 10.7. The molecule has 0 aromatic rings. The Morgan fingerprint density at radius 3 is 2.75 bits per heavy atom. The fourth-order valence-corrected chi connectivity index (χ4v) is 2.08. The number of methoxy groups -OCH3 is 1. The smallest absolute Gasteiger partial charge is 0.330 e. The van der Waals surface area contributed by atoms with Crippen LogP contribution in [0.4, 0.5) is 0 Å². The lowest BCUT2D eigenvalue weighted by Crippen LogP contribution is -2.15. The summed E-state index contributed by atoms with van der Waals surface area (Å²) in [5.41, 5.74) is 1.27. The van der Waals surface area contributed by atoms with Crippen LogP contribution in [-0.2, 0) is 9.53 Å².